The van der Waals surface area contributed by atoms with Crippen molar-refractivity contribution < 1.29 is 19.0 Å². The van der Waals surface area contributed by atoms with E-state index in [2.05, 4.69) is 4.90 Å². The van der Waals surface area contributed by atoms with E-state index >= 15 is 0 Å². The van der Waals surface area contributed by atoms with E-state index in [9.17, 15) is 4.79 Å². The molecule has 6 nitrogen and oxygen atoms in total. The number of hydrogen-bond donors (Lipinski definition) is 1. The first-order valence-electron chi connectivity index (χ1n) is 6.87. The maximum Gasteiger partial charge on any atom is 0.177 e. The highest BCUT2D eigenvalue weighted by atomic mass is 32.1. The lowest BCUT2D eigenvalue weighted by Gasteiger charge is -2.17. The van der Waals surface area contributed by atoms with Gasteiger partial charge in [0.05, 0.1) is 17.7 Å². The van der Waals surface area contributed by atoms with Crippen LogP contribution in [0.2, 0.25) is 0 Å². The van der Waals surface area contributed by atoms with Crippen LogP contribution in [-0.2, 0) is 9.47 Å². The van der Waals surface area contributed by atoms with E-state index in [0.717, 1.165) is 5.00 Å². The predicted molar refractivity (Wildman–Crippen MR) is 83.7 cm³/mol. The average molecular weight is 314 g/mol. The van der Waals surface area contributed by atoms with Gasteiger partial charge in [-0.05, 0) is 0 Å². The van der Waals surface area contributed by atoms with Gasteiger partial charge in [-0.2, -0.15) is 0 Å². The molecule has 2 N–H and O–H groups in total. The molecule has 1 aromatic rings. The number of Topliss-reactive ketones (excluding diaryl/α,β-unsaturated/α-hetero) is 1. The van der Waals surface area contributed by atoms with Gasteiger partial charge in [0.25, 0.3) is 0 Å². The van der Waals surface area contributed by atoms with Crippen LogP contribution in [0, 0.1) is 0 Å². The number of nitrogens with two attached hydrogens (primary N) is 1. The number of carbonyl (C=O) groups is 1. The van der Waals surface area contributed by atoms with Crippen molar-refractivity contribution >= 4 is 27.8 Å². The molecule has 0 bridgehead atoms. The minimum absolute atomic E-state index is 0.00615. The summed E-state index contributed by atoms with van der Waals surface area (Å²) < 4.78 is 16.3. The summed E-state index contributed by atoms with van der Waals surface area (Å²) in [6.07, 6.45) is 0.413. The topological polar surface area (TPSA) is 74.0 Å². The Morgan fingerprint density at radius 2 is 1.86 bits per heavy atom. The molecule has 0 aromatic carbocycles. The Bertz CT molecular complexity index is 505. The van der Waals surface area contributed by atoms with Crippen molar-refractivity contribution in [2.24, 2.45) is 0 Å². The molecule has 0 aliphatic carbocycles. The highest BCUT2D eigenvalue weighted by Gasteiger charge is 2.36. The molecular weight excluding hydrogens is 292 g/mol. The number of carbonyl (C=O) groups excluding carboxylic acids is 1. The third-order valence-corrected chi connectivity index (χ3v) is 5.06. The molecule has 7 heteroatoms. The van der Waals surface area contributed by atoms with Gasteiger partial charge < -0.3 is 24.8 Å². The second kappa shape index (κ2) is 6.64. The lowest BCUT2D eigenvalue weighted by Crippen LogP contribution is -2.27. The molecule has 2 atom stereocenters. The van der Waals surface area contributed by atoms with Gasteiger partial charge >= 0.3 is 0 Å². The van der Waals surface area contributed by atoms with Crippen molar-refractivity contribution in [3.05, 3.63) is 4.88 Å². The molecule has 1 fully saturated rings. The zero-order valence-electron chi connectivity index (χ0n) is 12.8. The first kappa shape index (κ1) is 16.1. The number of thiophene rings is 1. The van der Waals surface area contributed by atoms with Crippen LogP contribution in [-0.4, -0.2) is 52.4 Å². The summed E-state index contributed by atoms with van der Waals surface area (Å²) in [7, 11) is 4.91. The Hall–Kier alpha value is -1.31. The molecule has 2 unspecified atom stereocenters. The Kier molecular flexibility index (Phi) is 5.08. The van der Waals surface area contributed by atoms with Gasteiger partial charge in [-0.15, -0.1) is 11.3 Å². The fourth-order valence-electron chi connectivity index (χ4n) is 2.55. The van der Waals surface area contributed by atoms with Gasteiger partial charge in [0.1, 0.15) is 17.2 Å². The van der Waals surface area contributed by atoms with Crippen molar-refractivity contribution in [3.8, 4) is 5.75 Å². The molecule has 0 saturated carbocycles. The zero-order chi connectivity index (χ0) is 15.6. The van der Waals surface area contributed by atoms with Crippen LogP contribution in [0.4, 0.5) is 10.7 Å². The van der Waals surface area contributed by atoms with Gasteiger partial charge in [-0.25, -0.2) is 0 Å². The van der Waals surface area contributed by atoms with Gasteiger partial charge in [-0.1, -0.05) is 6.92 Å². The highest BCUT2D eigenvalue weighted by Crippen LogP contribution is 2.46. The van der Waals surface area contributed by atoms with Crippen molar-refractivity contribution in [2.45, 2.75) is 25.6 Å². The van der Waals surface area contributed by atoms with Crippen molar-refractivity contribution in [2.75, 3.05) is 45.1 Å². The zero-order valence-corrected chi connectivity index (χ0v) is 13.7. The summed E-state index contributed by atoms with van der Waals surface area (Å²) in [4.78, 5) is 14.7. The number of methoxy groups -OCH3 is 3. The summed E-state index contributed by atoms with van der Waals surface area (Å²) in [6.45, 7) is 3.20. The minimum atomic E-state index is -0.00615. The number of ether oxygens (including phenoxy) is 3. The largest absolute Gasteiger partial charge is 0.492 e. The second-order valence-electron chi connectivity index (χ2n) is 4.91. The standard InChI is InChI=1S/C14H22N2O4S/c1-5-8(17)13-11(15)12(20-4)14(21-13)16-6-9(18-2)10(7-16)19-3/h9-10H,5-7,15H2,1-4H3. The van der Waals surface area contributed by atoms with Crippen molar-refractivity contribution in [1.82, 2.24) is 0 Å². The Morgan fingerprint density at radius 1 is 1.29 bits per heavy atom. The maximum absolute atomic E-state index is 12.0. The van der Waals surface area contributed by atoms with Gasteiger partial charge in [0.2, 0.25) is 0 Å². The Balaban J connectivity index is 2.34. The molecule has 1 aromatic heterocycles. The number of rotatable bonds is 6. The normalized spacial score (nSPS) is 21.8. The van der Waals surface area contributed by atoms with E-state index in [1.165, 1.54) is 11.3 Å². The maximum atomic E-state index is 12.0. The van der Waals surface area contributed by atoms with Crippen molar-refractivity contribution in [3.63, 3.8) is 0 Å². The summed E-state index contributed by atoms with van der Waals surface area (Å²) in [5.74, 6) is 0.608. The molecule has 1 aliphatic heterocycles. The number of hydrogen-bond acceptors (Lipinski definition) is 7. The molecule has 2 heterocycles. The van der Waals surface area contributed by atoms with Crippen LogP contribution in [0.15, 0.2) is 0 Å². The van der Waals surface area contributed by atoms with Gasteiger partial charge in [-0.3, -0.25) is 4.79 Å². The fraction of sp³-hybridized carbons (Fsp3) is 0.643. The first-order valence-corrected chi connectivity index (χ1v) is 7.68. The molecule has 118 valence electrons. The van der Waals surface area contributed by atoms with Crippen molar-refractivity contribution in [1.29, 1.82) is 0 Å². The third-order valence-electron chi connectivity index (χ3n) is 3.77. The quantitative estimate of drug-likeness (QED) is 0.807. The molecule has 2 rings (SSSR count). The second-order valence-corrected chi connectivity index (χ2v) is 5.91. The number of nitrogen functional groups attached to an aromatic ring is 1. The van der Waals surface area contributed by atoms with Crippen LogP contribution in [0.25, 0.3) is 0 Å². The first-order chi connectivity index (χ1) is 10.1. The lowest BCUT2D eigenvalue weighted by molar-refractivity contribution is -0.00461. The number of anilines is 2. The number of nitrogens with zero attached hydrogens (tertiary/aromatic N) is 1. The minimum Gasteiger partial charge on any atom is -0.492 e. The summed E-state index contributed by atoms with van der Waals surface area (Å²) in [5.41, 5.74) is 6.50. The van der Waals surface area contributed by atoms with Crippen LogP contribution in [0.3, 0.4) is 0 Å². The monoisotopic (exact) mass is 314 g/mol. The fourth-order valence-corrected chi connectivity index (χ4v) is 3.77. The summed E-state index contributed by atoms with van der Waals surface area (Å²) in [5, 5.41) is 0.869. The molecular formula is C14H22N2O4S. The van der Waals surface area contributed by atoms with Crippen LogP contribution in [0.1, 0.15) is 23.0 Å². The van der Waals surface area contributed by atoms with Crippen LogP contribution >= 0.6 is 11.3 Å². The molecule has 1 aliphatic rings. The predicted octanol–water partition coefficient (Wildman–Crippen LogP) is 1.78. The van der Waals surface area contributed by atoms with E-state index in [4.69, 9.17) is 19.9 Å². The van der Waals surface area contributed by atoms with Crippen LogP contribution in [0.5, 0.6) is 5.75 Å². The molecule has 0 radical (unpaired) electrons. The Labute approximate surface area is 128 Å². The van der Waals surface area contributed by atoms with Gasteiger partial charge in [0.15, 0.2) is 11.5 Å². The Morgan fingerprint density at radius 3 is 2.29 bits per heavy atom. The van der Waals surface area contributed by atoms with E-state index in [1.54, 1.807) is 21.3 Å². The molecule has 0 spiro atoms. The van der Waals surface area contributed by atoms with E-state index in [-0.39, 0.29) is 18.0 Å². The average Bonchev–Trinajstić information content (AvgIpc) is 3.06. The van der Waals surface area contributed by atoms with E-state index in [0.29, 0.717) is 35.8 Å². The highest BCUT2D eigenvalue weighted by molar-refractivity contribution is 7.19. The molecule has 0 amide bonds. The summed E-state index contributed by atoms with van der Waals surface area (Å²) in [6, 6.07) is 0. The van der Waals surface area contributed by atoms with Gasteiger partial charge in [0, 0.05) is 33.7 Å². The van der Waals surface area contributed by atoms with E-state index < -0.39 is 0 Å². The number of ketones is 1. The summed E-state index contributed by atoms with van der Waals surface area (Å²) >= 11 is 1.38. The third kappa shape index (κ3) is 2.86. The van der Waals surface area contributed by atoms with Crippen LogP contribution < -0.4 is 15.4 Å². The molecule has 21 heavy (non-hydrogen) atoms. The SMILES string of the molecule is CCC(=O)c1sc(N2CC(OC)C(OC)C2)c(OC)c1N. The lowest BCUT2D eigenvalue weighted by atomic mass is 10.2. The molecule has 1 saturated heterocycles. The smallest absolute Gasteiger partial charge is 0.177 e. The van der Waals surface area contributed by atoms with E-state index in [1.807, 2.05) is 6.92 Å².